The third-order valence-corrected chi connectivity index (χ3v) is 6.62. The maximum atomic E-state index is 14.3. The van der Waals surface area contributed by atoms with Crippen molar-refractivity contribution in [2.45, 2.75) is 70.6 Å². The van der Waals surface area contributed by atoms with Gasteiger partial charge in [0.25, 0.3) is 6.43 Å². The SMILES string of the molecule is C/C=C/C1CCC(C2CCC(c3cc(F)c(O/C=C/C(F)F)c(F)c3)CC2)CC1. The van der Waals surface area contributed by atoms with Crippen molar-refractivity contribution in [3.8, 4) is 5.75 Å². The van der Waals surface area contributed by atoms with Gasteiger partial charge in [-0.1, -0.05) is 12.2 Å². The Kier molecular flexibility index (Phi) is 7.79. The summed E-state index contributed by atoms with van der Waals surface area (Å²) in [5.41, 5.74) is 0.639. The predicted octanol–water partition coefficient (Wildman–Crippen LogP) is 7.78. The zero-order valence-electron chi connectivity index (χ0n) is 16.9. The molecule has 0 amide bonds. The van der Waals surface area contributed by atoms with Crippen LogP contribution >= 0.6 is 0 Å². The van der Waals surface area contributed by atoms with Crippen LogP contribution in [0.1, 0.15) is 69.8 Å². The number of halogens is 4. The summed E-state index contributed by atoms with van der Waals surface area (Å²) in [6, 6.07) is 2.59. The summed E-state index contributed by atoms with van der Waals surface area (Å²) in [5.74, 6) is 0.0527. The number of alkyl halides is 2. The summed E-state index contributed by atoms with van der Waals surface area (Å²) in [7, 11) is 0. The van der Waals surface area contributed by atoms with Gasteiger partial charge in [-0.3, -0.25) is 0 Å². The summed E-state index contributed by atoms with van der Waals surface area (Å²) in [5, 5.41) is 0. The zero-order chi connectivity index (χ0) is 20.8. The molecule has 0 N–H and O–H groups in total. The zero-order valence-corrected chi connectivity index (χ0v) is 16.9. The smallest absolute Gasteiger partial charge is 0.260 e. The fourth-order valence-electron chi connectivity index (χ4n) is 5.10. The Morgan fingerprint density at radius 1 is 0.897 bits per heavy atom. The van der Waals surface area contributed by atoms with E-state index in [0.29, 0.717) is 17.9 Å². The Bertz CT molecular complexity index is 689. The minimum Gasteiger partial charge on any atom is -0.459 e. The van der Waals surface area contributed by atoms with E-state index in [4.69, 9.17) is 4.74 Å². The van der Waals surface area contributed by atoms with Crippen molar-refractivity contribution in [2.24, 2.45) is 17.8 Å². The molecule has 0 unspecified atom stereocenters. The third-order valence-electron chi connectivity index (χ3n) is 6.62. The van der Waals surface area contributed by atoms with Crippen LogP contribution in [-0.4, -0.2) is 6.43 Å². The van der Waals surface area contributed by atoms with E-state index < -0.39 is 23.8 Å². The second-order valence-electron chi connectivity index (χ2n) is 8.41. The fourth-order valence-corrected chi connectivity index (χ4v) is 5.10. The summed E-state index contributed by atoms with van der Waals surface area (Å²) in [6.45, 7) is 2.08. The molecule has 0 aliphatic heterocycles. The molecule has 3 rings (SSSR count). The summed E-state index contributed by atoms with van der Waals surface area (Å²) in [6.07, 6.45) is 12.0. The van der Waals surface area contributed by atoms with Crippen LogP contribution in [0.5, 0.6) is 5.75 Å². The van der Waals surface area contributed by atoms with Crippen LogP contribution in [0.3, 0.4) is 0 Å². The van der Waals surface area contributed by atoms with Crippen LogP contribution in [0.25, 0.3) is 0 Å². The van der Waals surface area contributed by atoms with E-state index in [1.165, 1.54) is 37.8 Å². The molecule has 2 fully saturated rings. The molecule has 0 saturated heterocycles. The molecule has 0 spiro atoms. The fraction of sp³-hybridized carbons (Fsp3) is 0.583. The molecule has 0 heterocycles. The first-order valence-electron chi connectivity index (χ1n) is 10.7. The normalized spacial score (nSPS) is 28.5. The highest BCUT2D eigenvalue weighted by molar-refractivity contribution is 5.34. The molecule has 1 nitrogen and oxygen atoms in total. The second-order valence-corrected chi connectivity index (χ2v) is 8.41. The predicted molar refractivity (Wildman–Crippen MR) is 107 cm³/mol. The number of allylic oxidation sites excluding steroid dienone is 3. The van der Waals surface area contributed by atoms with Crippen LogP contribution < -0.4 is 4.74 Å². The molecule has 0 aromatic heterocycles. The van der Waals surface area contributed by atoms with Gasteiger partial charge in [-0.05, 0) is 99.7 Å². The molecule has 1 aromatic rings. The van der Waals surface area contributed by atoms with Crippen molar-refractivity contribution in [3.63, 3.8) is 0 Å². The van der Waals surface area contributed by atoms with Crippen molar-refractivity contribution in [1.82, 2.24) is 0 Å². The van der Waals surface area contributed by atoms with Gasteiger partial charge in [-0.2, -0.15) is 0 Å². The Hall–Kier alpha value is -1.78. The van der Waals surface area contributed by atoms with Gasteiger partial charge in [0.15, 0.2) is 17.4 Å². The van der Waals surface area contributed by atoms with Crippen molar-refractivity contribution in [2.75, 3.05) is 0 Å². The minimum absolute atomic E-state index is 0.139. The summed E-state index contributed by atoms with van der Waals surface area (Å²) >= 11 is 0. The van der Waals surface area contributed by atoms with Crippen molar-refractivity contribution in [3.05, 3.63) is 53.8 Å². The first kappa shape index (κ1) is 21.9. The molecule has 5 heteroatoms. The van der Waals surface area contributed by atoms with E-state index in [0.717, 1.165) is 43.4 Å². The third kappa shape index (κ3) is 5.86. The summed E-state index contributed by atoms with van der Waals surface area (Å²) < 4.78 is 57.5. The van der Waals surface area contributed by atoms with E-state index >= 15 is 0 Å². The maximum absolute atomic E-state index is 14.3. The lowest BCUT2D eigenvalue weighted by Gasteiger charge is -2.37. The molecule has 29 heavy (non-hydrogen) atoms. The molecule has 160 valence electrons. The monoisotopic (exact) mass is 410 g/mol. The molecule has 0 radical (unpaired) electrons. The molecular formula is C24H30F4O. The number of benzene rings is 1. The molecule has 0 bridgehead atoms. The van der Waals surface area contributed by atoms with Crippen molar-refractivity contribution >= 4 is 0 Å². The van der Waals surface area contributed by atoms with Gasteiger partial charge in [0, 0.05) is 6.08 Å². The largest absolute Gasteiger partial charge is 0.459 e. The quantitative estimate of drug-likeness (QED) is 0.264. The average Bonchev–Trinajstić information content (AvgIpc) is 2.71. The van der Waals surface area contributed by atoms with Gasteiger partial charge in [-0.15, -0.1) is 0 Å². The Balaban J connectivity index is 1.55. The van der Waals surface area contributed by atoms with Gasteiger partial charge in [0.05, 0.1) is 6.26 Å². The topological polar surface area (TPSA) is 9.23 Å². The van der Waals surface area contributed by atoms with Crippen LogP contribution in [-0.2, 0) is 0 Å². The standard InChI is InChI=1S/C24H30F4O/c1-2-3-16-4-6-17(7-5-16)18-8-10-19(11-9-18)20-14-21(25)24(22(26)15-20)29-13-12-23(27)28/h2-3,12-19,23H,4-11H2,1H3/b3-2+,13-12+. The highest BCUT2D eigenvalue weighted by Crippen LogP contribution is 2.44. The Morgan fingerprint density at radius 2 is 1.45 bits per heavy atom. The lowest BCUT2D eigenvalue weighted by Crippen LogP contribution is -2.25. The number of ether oxygens (including phenoxy) is 1. The molecule has 2 aliphatic rings. The Morgan fingerprint density at radius 3 is 1.97 bits per heavy atom. The van der Waals surface area contributed by atoms with E-state index in [2.05, 4.69) is 19.1 Å². The van der Waals surface area contributed by atoms with Gasteiger partial charge in [-0.25, -0.2) is 17.6 Å². The highest BCUT2D eigenvalue weighted by atomic mass is 19.3. The number of hydrogen-bond acceptors (Lipinski definition) is 1. The molecular weight excluding hydrogens is 380 g/mol. The average molecular weight is 410 g/mol. The van der Waals surface area contributed by atoms with E-state index in [-0.39, 0.29) is 5.92 Å². The van der Waals surface area contributed by atoms with E-state index in [9.17, 15) is 17.6 Å². The van der Waals surface area contributed by atoms with Crippen LogP contribution in [0.4, 0.5) is 17.6 Å². The van der Waals surface area contributed by atoms with E-state index in [1.807, 2.05) is 0 Å². The maximum Gasteiger partial charge on any atom is 0.260 e. The van der Waals surface area contributed by atoms with Gasteiger partial charge in [0.2, 0.25) is 0 Å². The Labute approximate surface area is 170 Å². The van der Waals surface area contributed by atoms with Gasteiger partial charge < -0.3 is 4.74 Å². The molecule has 2 aliphatic carbocycles. The van der Waals surface area contributed by atoms with Crippen LogP contribution in [0.15, 0.2) is 36.6 Å². The summed E-state index contributed by atoms with van der Waals surface area (Å²) in [4.78, 5) is 0. The molecule has 1 aromatic carbocycles. The van der Waals surface area contributed by atoms with Gasteiger partial charge in [0.1, 0.15) is 0 Å². The highest BCUT2D eigenvalue weighted by Gasteiger charge is 2.31. The van der Waals surface area contributed by atoms with Crippen molar-refractivity contribution in [1.29, 1.82) is 0 Å². The molecule has 2 saturated carbocycles. The first-order valence-corrected chi connectivity index (χ1v) is 10.7. The van der Waals surface area contributed by atoms with E-state index in [1.54, 1.807) is 0 Å². The van der Waals surface area contributed by atoms with Gasteiger partial charge >= 0.3 is 0 Å². The first-order chi connectivity index (χ1) is 14.0. The van der Waals surface area contributed by atoms with Crippen molar-refractivity contribution < 1.29 is 22.3 Å². The molecule has 0 atom stereocenters. The van der Waals surface area contributed by atoms with Crippen LogP contribution in [0, 0.1) is 29.4 Å². The lowest BCUT2D eigenvalue weighted by molar-refractivity contribution is 0.171. The minimum atomic E-state index is -2.73. The number of rotatable bonds is 6. The second kappa shape index (κ2) is 10.3. The lowest BCUT2D eigenvalue weighted by atomic mass is 9.68. The number of hydrogen-bond donors (Lipinski definition) is 0. The van der Waals surface area contributed by atoms with Crippen LogP contribution in [0.2, 0.25) is 0 Å².